The highest BCUT2D eigenvalue weighted by molar-refractivity contribution is 5.90. The molecule has 0 unspecified atom stereocenters. The van der Waals surface area contributed by atoms with Crippen molar-refractivity contribution < 1.29 is 9.90 Å². The van der Waals surface area contributed by atoms with Crippen LogP contribution in [0.25, 0.3) is 0 Å². The molecular formula is C15H28N4O2. The van der Waals surface area contributed by atoms with Crippen molar-refractivity contribution in [2.45, 2.75) is 53.5 Å². The van der Waals surface area contributed by atoms with Crippen LogP contribution in [0.3, 0.4) is 0 Å². The van der Waals surface area contributed by atoms with Crippen LogP contribution in [-0.2, 0) is 6.54 Å². The molecule has 21 heavy (non-hydrogen) atoms. The number of hydrogen-bond acceptors (Lipinski definition) is 3. The second-order valence-electron chi connectivity index (χ2n) is 5.21. The summed E-state index contributed by atoms with van der Waals surface area (Å²) in [6.07, 6.45) is 2.60. The van der Waals surface area contributed by atoms with Gasteiger partial charge in [0.1, 0.15) is 0 Å². The standard InChI is InChI=1S/C15H28N4O2/c1-5-7-9-18(10-8-11-20)15(21)16-14-12(3)17-19(6-2)13(14)4/h20H,5-11H2,1-4H3,(H,16,21). The molecule has 6 heteroatoms. The van der Waals surface area contributed by atoms with Crippen LogP contribution < -0.4 is 5.32 Å². The molecule has 0 aromatic carbocycles. The van der Waals surface area contributed by atoms with E-state index in [1.807, 2.05) is 25.5 Å². The molecule has 0 bridgehead atoms. The van der Waals surface area contributed by atoms with E-state index in [-0.39, 0.29) is 12.6 Å². The Morgan fingerprint density at radius 3 is 2.48 bits per heavy atom. The predicted molar refractivity (Wildman–Crippen MR) is 84.6 cm³/mol. The summed E-state index contributed by atoms with van der Waals surface area (Å²) >= 11 is 0. The van der Waals surface area contributed by atoms with Crippen LogP contribution in [0.4, 0.5) is 10.5 Å². The number of aryl methyl sites for hydroxylation is 2. The molecule has 0 saturated carbocycles. The summed E-state index contributed by atoms with van der Waals surface area (Å²) < 4.78 is 1.88. The van der Waals surface area contributed by atoms with Crippen LogP contribution in [0.1, 0.15) is 44.5 Å². The van der Waals surface area contributed by atoms with Gasteiger partial charge in [0.25, 0.3) is 0 Å². The minimum absolute atomic E-state index is 0.0989. The maximum absolute atomic E-state index is 12.4. The van der Waals surface area contributed by atoms with Gasteiger partial charge in [-0.05, 0) is 33.6 Å². The minimum Gasteiger partial charge on any atom is -0.396 e. The highest BCUT2D eigenvalue weighted by atomic mass is 16.3. The van der Waals surface area contributed by atoms with E-state index in [1.165, 1.54) is 0 Å². The van der Waals surface area contributed by atoms with E-state index >= 15 is 0 Å². The number of rotatable bonds is 8. The summed E-state index contributed by atoms with van der Waals surface area (Å²) in [5.74, 6) is 0. The molecule has 120 valence electrons. The van der Waals surface area contributed by atoms with Crippen molar-refractivity contribution in [3.63, 3.8) is 0 Å². The van der Waals surface area contributed by atoms with Gasteiger partial charge in [-0.3, -0.25) is 4.68 Å². The van der Waals surface area contributed by atoms with Crippen molar-refractivity contribution in [3.8, 4) is 0 Å². The second kappa shape index (κ2) is 8.67. The number of carbonyl (C=O) groups is 1. The van der Waals surface area contributed by atoms with Crippen LogP contribution >= 0.6 is 0 Å². The Hall–Kier alpha value is -1.56. The first-order chi connectivity index (χ1) is 10.0. The lowest BCUT2D eigenvalue weighted by atomic mass is 10.3. The molecule has 0 saturated heterocycles. The number of aliphatic hydroxyl groups excluding tert-OH is 1. The fourth-order valence-corrected chi connectivity index (χ4v) is 2.30. The molecule has 1 heterocycles. The number of nitrogens with one attached hydrogen (secondary N) is 1. The van der Waals surface area contributed by atoms with Gasteiger partial charge in [-0.2, -0.15) is 5.10 Å². The number of hydrogen-bond donors (Lipinski definition) is 2. The summed E-state index contributed by atoms with van der Waals surface area (Å²) in [5, 5.41) is 16.3. The number of nitrogens with zero attached hydrogens (tertiary/aromatic N) is 3. The van der Waals surface area contributed by atoms with E-state index in [2.05, 4.69) is 17.3 Å². The Morgan fingerprint density at radius 1 is 1.29 bits per heavy atom. The Balaban J connectivity index is 2.78. The SMILES string of the molecule is CCCCN(CCCO)C(=O)Nc1c(C)nn(CC)c1C. The zero-order valence-corrected chi connectivity index (χ0v) is 13.6. The van der Waals surface area contributed by atoms with E-state index in [9.17, 15) is 4.79 Å². The third-order valence-corrected chi connectivity index (χ3v) is 3.57. The highest BCUT2D eigenvalue weighted by Crippen LogP contribution is 2.20. The molecule has 1 aromatic rings. The fraction of sp³-hybridized carbons (Fsp3) is 0.733. The van der Waals surface area contributed by atoms with Crippen molar-refractivity contribution in [1.82, 2.24) is 14.7 Å². The van der Waals surface area contributed by atoms with Gasteiger partial charge in [0.15, 0.2) is 0 Å². The maximum atomic E-state index is 12.4. The Morgan fingerprint density at radius 2 is 1.95 bits per heavy atom. The fourth-order valence-electron chi connectivity index (χ4n) is 2.30. The molecule has 0 aliphatic carbocycles. The molecule has 6 nitrogen and oxygen atoms in total. The van der Waals surface area contributed by atoms with Crippen molar-refractivity contribution in [3.05, 3.63) is 11.4 Å². The molecule has 2 amide bonds. The van der Waals surface area contributed by atoms with Gasteiger partial charge >= 0.3 is 6.03 Å². The lowest BCUT2D eigenvalue weighted by Crippen LogP contribution is -2.37. The van der Waals surface area contributed by atoms with E-state index in [0.29, 0.717) is 19.5 Å². The zero-order chi connectivity index (χ0) is 15.8. The highest BCUT2D eigenvalue weighted by Gasteiger charge is 2.17. The van der Waals surface area contributed by atoms with Gasteiger partial charge in [-0.1, -0.05) is 13.3 Å². The van der Waals surface area contributed by atoms with Gasteiger partial charge in [-0.15, -0.1) is 0 Å². The summed E-state index contributed by atoms with van der Waals surface area (Å²) in [5.41, 5.74) is 2.61. The van der Waals surface area contributed by atoms with Crippen molar-refractivity contribution in [1.29, 1.82) is 0 Å². The first-order valence-electron chi connectivity index (χ1n) is 7.75. The quantitative estimate of drug-likeness (QED) is 0.774. The smallest absolute Gasteiger partial charge is 0.321 e. The molecular weight excluding hydrogens is 268 g/mol. The summed E-state index contributed by atoms with van der Waals surface area (Å²) in [4.78, 5) is 14.2. The third kappa shape index (κ3) is 4.74. The monoisotopic (exact) mass is 296 g/mol. The predicted octanol–water partition coefficient (Wildman–Crippen LogP) is 2.54. The van der Waals surface area contributed by atoms with Crippen LogP contribution in [-0.4, -0.2) is 45.5 Å². The third-order valence-electron chi connectivity index (χ3n) is 3.57. The van der Waals surface area contributed by atoms with Gasteiger partial charge in [0.05, 0.1) is 17.1 Å². The Bertz CT molecular complexity index is 449. The number of anilines is 1. The van der Waals surface area contributed by atoms with E-state index in [0.717, 1.165) is 36.5 Å². The van der Waals surface area contributed by atoms with Crippen molar-refractivity contribution >= 4 is 11.7 Å². The zero-order valence-electron chi connectivity index (χ0n) is 13.6. The number of amides is 2. The van der Waals surface area contributed by atoms with E-state index < -0.39 is 0 Å². The number of urea groups is 1. The minimum atomic E-state index is -0.112. The summed E-state index contributed by atoms with van der Waals surface area (Å²) in [7, 11) is 0. The summed E-state index contributed by atoms with van der Waals surface area (Å²) in [6, 6.07) is -0.112. The molecule has 2 N–H and O–H groups in total. The number of aromatic nitrogens is 2. The van der Waals surface area contributed by atoms with Crippen LogP contribution in [0, 0.1) is 13.8 Å². The van der Waals surface area contributed by atoms with E-state index in [1.54, 1.807) is 4.90 Å². The van der Waals surface area contributed by atoms with Gasteiger partial charge < -0.3 is 15.3 Å². The van der Waals surface area contributed by atoms with E-state index in [4.69, 9.17) is 5.11 Å². The van der Waals surface area contributed by atoms with Gasteiger partial charge in [0.2, 0.25) is 0 Å². The molecule has 0 aliphatic heterocycles. The second-order valence-corrected chi connectivity index (χ2v) is 5.21. The molecule has 1 rings (SSSR count). The molecule has 0 radical (unpaired) electrons. The Kier molecular flexibility index (Phi) is 7.22. The lowest BCUT2D eigenvalue weighted by Gasteiger charge is -2.22. The van der Waals surface area contributed by atoms with Crippen LogP contribution in [0.15, 0.2) is 0 Å². The van der Waals surface area contributed by atoms with Crippen molar-refractivity contribution in [2.75, 3.05) is 25.0 Å². The number of aliphatic hydroxyl groups is 1. The maximum Gasteiger partial charge on any atom is 0.321 e. The van der Waals surface area contributed by atoms with Crippen molar-refractivity contribution in [2.24, 2.45) is 0 Å². The first kappa shape index (κ1) is 17.5. The van der Waals surface area contributed by atoms with Crippen LogP contribution in [0.2, 0.25) is 0 Å². The molecule has 0 spiro atoms. The molecule has 0 fully saturated rings. The largest absolute Gasteiger partial charge is 0.396 e. The molecule has 0 atom stereocenters. The average molecular weight is 296 g/mol. The van der Waals surface area contributed by atoms with Crippen LogP contribution in [0.5, 0.6) is 0 Å². The molecule has 0 aliphatic rings. The first-order valence-corrected chi connectivity index (χ1v) is 7.75. The summed E-state index contributed by atoms with van der Waals surface area (Å²) in [6.45, 7) is 10.2. The number of unbranched alkanes of at least 4 members (excludes halogenated alkanes) is 1. The molecule has 1 aromatic heterocycles. The Labute approximate surface area is 127 Å². The average Bonchev–Trinajstić information content (AvgIpc) is 2.74. The lowest BCUT2D eigenvalue weighted by molar-refractivity contribution is 0.201. The van der Waals surface area contributed by atoms with Gasteiger partial charge in [-0.25, -0.2) is 4.79 Å². The number of carbonyl (C=O) groups excluding carboxylic acids is 1. The van der Waals surface area contributed by atoms with Gasteiger partial charge in [0, 0.05) is 26.2 Å². The topological polar surface area (TPSA) is 70.4 Å². The normalized spacial score (nSPS) is 10.7.